The highest BCUT2D eigenvalue weighted by Gasteiger charge is 2.45. The van der Waals surface area contributed by atoms with Gasteiger partial charge in [-0.05, 0) is 32.6 Å². The third-order valence-electron chi connectivity index (χ3n) is 5.16. The van der Waals surface area contributed by atoms with Crippen LogP contribution in [0.2, 0.25) is 0 Å². The highest BCUT2D eigenvalue weighted by atomic mass is 19.4. The first kappa shape index (κ1) is 18.6. The lowest BCUT2D eigenvalue weighted by molar-refractivity contribution is -0.346. The van der Waals surface area contributed by atoms with Crippen molar-refractivity contribution in [3.63, 3.8) is 0 Å². The highest BCUT2D eigenvalue weighted by molar-refractivity contribution is 5.87. The number of carbonyl (C=O) groups excluding carboxylic acids is 1. The average Bonchev–Trinajstić information content (AvgIpc) is 2.60. The molecule has 0 aromatic rings. The maximum absolute atomic E-state index is 12.4. The van der Waals surface area contributed by atoms with E-state index in [9.17, 15) is 23.2 Å². The van der Waals surface area contributed by atoms with Gasteiger partial charge in [0.05, 0.1) is 12.2 Å². The summed E-state index contributed by atoms with van der Waals surface area (Å²) < 4.78 is 41.3. The Hall–Kier alpha value is -2.14. The third kappa shape index (κ3) is 3.68. The maximum atomic E-state index is 12.4. The molecule has 0 radical (unpaired) electrons. The Morgan fingerprint density at radius 1 is 1.38 bits per heavy atom. The van der Waals surface area contributed by atoms with E-state index in [1.165, 1.54) is 0 Å². The number of nitrogens with one attached hydrogen (secondary N) is 1. The molecule has 1 saturated heterocycles. The van der Waals surface area contributed by atoms with Crippen LogP contribution in [0.4, 0.5) is 13.2 Å². The Balaban J connectivity index is 1.76. The summed E-state index contributed by atoms with van der Waals surface area (Å²) in [6.45, 7) is 2.43. The van der Waals surface area contributed by atoms with E-state index in [0.29, 0.717) is 49.5 Å². The number of amidine groups is 1. The van der Waals surface area contributed by atoms with E-state index in [4.69, 9.17) is 0 Å². The number of alkyl halides is 3. The number of nitriles is 1. The van der Waals surface area contributed by atoms with Gasteiger partial charge in [-0.3, -0.25) is 9.64 Å². The number of hydrogen-bond donors (Lipinski definition) is 1. The summed E-state index contributed by atoms with van der Waals surface area (Å²) in [5, 5.41) is 12.7. The fourth-order valence-electron chi connectivity index (χ4n) is 3.92. The lowest BCUT2D eigenvalue weighted by Gasteiger charge is -2.45. The standard InChI is InChI=1S/C17H19F3N4O2/c1-11-22-14-2-5-16(10-21,8-13(14)15(9-25)23-11)24-6-3-12(4-7-24)26-17(18,19)20/h12H,2-8H2,1H3,(H,22,23). The number of hydrogen-bond acceptors (Lipinski definition) is 6. The number of piperidine rings is 1. The van der Waals surface area contributed by atoms with Gasteiger partial charge in [0, 0.05) is 30.8 Å². The largest absolute Gasteiger partial charge is 0.522 e. The Labute approximate surface area is 149 Å². The molecule has 1 unspecified atom stereocenters. The first-order valence-corrected chi connectivity index (χ1v) is 8.47. The Morgan fingerprint density at radius 3 is 2.65 bits per heavy atom. The second-order valence-electron chi connectivity index (χ2n) is 6.79. The monoisotopic (exact) mass is 368 g/mol. The lowest BCUT2D eigenvalue weighted by Crippen LogP contribution is -2.54. The normalized spacial score (nSPS) is 28.0. The summed E-state index contributed by atoms with van der Waals surface area (Å²) in [7, 11) is 0. The van der Waals surface area contributed by atoms with Crippen LogP contribution in [0.15, 0.2) is 22.0 Å². The van der Waals surface area contributed by atoms with Crippen LogP contribution < -0.4 is 5.32 Å². The van der Waals surface area contributed by atoms with Crippen molar-refractivity contribution >= 4 is 11.8 Å². The molecule has 140 valence electrons. The van der Waals surface area contributed by atoms with Crippen molar-refractivity contribution in [3.05, 3.63) is 17.0 Å². The molecular formula is C17H19F3N4O2. The number of nitrogens with zero attached hydrogens (tertiary/aromatic N) is 3. The van der Waals surface area contributed by atoms with Gasteiger partial charge in [0.1, 0.15) is 17.1 Å². The molecule has 2 heterocycles. The topological polar surface area (TPSA) is 77.7 Å². The number of allylic oxidation sites excluding steroid dienone is 2. The van der Waals surface area contributed by atoms with Crippen molar-refractivity contribution in [2.24, 2.45) is 4.99 Å². The number of halogens is 3. The van der Waals surface area contributed by atoms with Gasteiger partial charge in [-0.25, -0.2) is 9.79 Å². The zero-order valence-corrected chi connectivity index (χ0v) is 14.3. The number of rotatable bonds is 2. The maximum Gasteiger partial charge on any atom is 0.522 e. The summed E-state index contributed by atoms with van der Waals surface area (Å²) in [5.74, 6) is 2.48. The molecule has 1 fully saturated rings. The zero-order valence-electron chi connectivity index (χ0n) is 14.3. The van der Waals surface area contributed by atoms with E-state index in [0.717, 1.165) is 5.70 Å². The molecule has 1 atom stereocenters. The number of ether oxygens (including phenoxy) is 1. The lowest BCUT2D eigenvalue weighted by atomic mass is 9.77. The van der Waals surface area contributed by atoms with Crippen LogP contribution in [0.3, 0.4) is 0 Å². The van der Waals surface area contributed by atoms with Crippen LogP contribution in [0, 0.1) is 11.3 Å². The van der Waals surface area contributed by atoms with E-state index in [1.807, 2.05) is 10.8 Å². The molecule has 3 aliphatic rings. The predicted molar refractivity (Wildman–Crippen MR) is 86.4 cm³/mol. The van der Waals surface area contributed by atoms with Crippen molar-refractivity contribution in [2.75, 3.05) is 13.1 Å². The highest BCUT2D eigenvalue weighted by Crippen LogP contribution is 2.41. The van der Waals surface area contributed by atoms with Crippen LogP contribution in [0.25, 0.3) is 0 Å². The van der Waals surface area contributed by atoms with E-state index >= 15 is 0 Å². The predicted octanol–water partition coefficient (Wildman–Crippen LogP) is 2.42. The van der Waals surface area contributed by atoms with Crippen LogP contribution in [0.5, 0.6) is 0 Å². The quantitative estimate of drug-likeness (QED) is 0.758. The summed E-state index contributed by atoms with van der Waals surface area (Å²) in [5.41, 5.74) is 0.891. The van der Waals surface area contributed by atoms with Gasteiger partial charge in [0.15, 0.2) is 5.94 Å². The summed E-state index contributed by atoms with van der Waals surface area (Å²) >= 11 is 0. The molecule has 0 saturated carbocycles. The van der Waals surface area contributed by atoms with Crippen LogP contribution in [-0.4, -0.2) is 47.8 Å². The van der Waals surface area contributed by atoms with Gasteiger partial charge in [-0.15, -0.1) is 13.2 Å². The molecular weight excluding hydrogens is 349 g/mol. The van der Waals surface area contributed by atoms with Crippen LogP contribution in [-0.2, 0) is 9.53 Å². The Morgan fingerprint density at radius 2 is 2.08 bits per heavy atom. The number of likely N-dealkylation sites (tertiary alicyclic amines) is 1. The van der Waals surface area contributed by atoms with Crippen LogP contribution >= 0.6 is 0 Å². The fourth-order valence-corrected chi connectivity index (χ4v) is 3.92. The Bertz CT molecular complexity index is 738. The first-order chi connectivity index (χ1) is 12.3. The average molecular weight is 368 g/mol. The molecule has 6 nitrogen and oxygen atoms in total. The SMILES string of the molecule is CC1=NC2=C(CC(C#N)(N3CCC(OC(F)(F)F)CC3)CC2)C(=C=O)N1. The van der Waals surface area contributed by atoms with E-state index < -0.39 is 18.0 Å². The summed E-state index contributed by atoms with van der Waals surface area (Å²) in [6.07, 6.45) is -3.74. The van der Waals surface area contributed by atoms with Crippen molar-refractivity contribution in [2.45, 2.75) is 57.0 Å². The molecule has 2 aliphatic heterocycles. The third-order valence-corrected chi connectivity index (χ3v) is 5.16. The van der Waals surface area contributed by atoms with Gasteiger partial charge < -0.3 is 5.32 Å². The molecule has 0 aromatic heterocycles. The van der Waals surface area contributed by atoms with Crippen molar-refractivity contribution in [1.29, 1.82) is 5.26 Å². The van der Waals surface area contributed by atoms with Gasteiger partial charge in [-0.2, -0.15) is 5.26 Å². The smallest absolute Gasteiger partial charge is 0.335 e. The second-order valence-corrected chi connectivity index (χ2v) is 6.79. The minimum atomic E-state index is -4.64. The number of aliphatic imine (C=N–C) groups is 1. The minimum absolute atomic E-state index is 0.209. The van der Waals surface area contributed by atoms with E-state index in [-0.39, 0.29) is 12.8 Å². The van der Waals surface area contributed by atoms with Gasteiger partial charge >= 0.3 is 6.36 Å². The van der Waals surface area contributed by atoms with E-state index in [2.05, 4.69) is 21.1 Å². The van der Waals surface area contributed by atoms with Gasteiger partial charge in [0.2, 0.25) is 0 Å². The van der Waals surface area contributed by atoms with Gasteiger partial charge in [0.25, 0.3) is 0 Å². The second kappa shape index (κ2) is 6.88. The first-order valence-electron chi connectivity index (χ1n) is 8.47. The molecule has 0 aromatic carbocycles. The summed E-state index contributed by atoms with van der Waals surface area (Å²) in [4.78, 5) is 17.6. The summed E-state index contributed by atoms with van der Waals surface area (Å²) in [6, 6.07) is 2.35. The molecule has 0 bridgehead atoms. The molecule has 0 amide bonds. The molecule has 3 rings (SSSR count). The van der Waals surface area contributed by atoms with Crippen molar-refractivity contribution in [3.8, 4) is 6.07 Å². The van der Waals surface area contributed by atoms with Crippen LogP contribution in [0.1, 0.15) is 39.0 Å². The van der Waals surface area contributed by atoms with Crippen molar-refractivity contribution < 1.29 is 22.7 Å². The minimum Gasteiger partial charge on any atom is -0.335 e. The van der Waals surface area contributed by atoms with Gasteiger partial charge in [-0.1, -0.05) is 0 Å². The van der Waals surface area contributed by atoms with Crippen molar-refractivity contribution in [1.82, 2.24) is 10.2 Å². The zero-order chi connectivity index (χ0) is 18.9. The van der Waals surface area contributed by atoms with E-state index in [1.54, 1.807) is 6.92 Å². The fraction of sp³-hybridized carbons (Fsp3) is 0.647. The Kier molecular flexibility index (Phi) is 4.93. The molecule has 1 aliphatic carbocycles. The molecule has 9 heteroatoms. The molecule has 1 N–H and O–H groups in total. The molecule has 26 heavy (non-hydrogen) atoms. The molecule has 0 spiro atoms.